The molecule has 0 saturated carbocycles. The maximum absolute atomic E-state index is 12.3. The van der Waals surface area contributed by atoms with E-state index in [4.69, 9.17) is 4.74 Å². The van der Waals surface area contributed by atoms with Gasteiger partial charge >= 0.3 is 12.1 Å². The summed E-state index contributed by atoms with van der Waals surface area (Å²) < 4.78 is 5.42. The molecule has 3 N–H and O–H groups in total. The van der Waals surface area contributed by atoms with Crippen molar-refractivity contribution in [2.24, 2.45) is 0 Å². The summed E-state index contributed by atoms with van der Waals surface area (Å²) in [5, 5.41) is 11.9. The monoisotopic (exact) mass is 391 g/mol. The molecular formula is C22H21N3O4. The highest BCUT2D eigenvalue weighted by atomic mass is 16.5. The number of hydrogen-bond donors (Lipinski definition) is 3. The maximum Gasteiger partial charge on any atom is 0.407 e. The van der Waals surface area contributed by atoms with Crippen LogP contribution in [0.25, 0.3) is 11.1 Å². The number of nitrogens with zero attached hydrogens (tertiary/aromatic N) is 1. The first-order chi connectivity index (χ1) is 14.1. The van der Waals surface area contributed by atoms with Gasteiger partial charge in [-0.1, -0.05) is 48.5 Å². The molecule has 1 amide bonds. The predicted molar refractivity (Wildman–Crippen MR) is 107 cm³/mol. The van der Waals surface area contributed by atoms with Gasteiger partial charge in [0.2, 0.25) is 0 Å². The zero-order valence-electron chi connectivity index (χ0n) is 15.7. The van der Waals surface area contributed by atoms with Gasteiger partial charge in [-0.3, -0.25) is 0 Å². The van der Waals surface area contributed by atoms with Crippen LogP contribution < -0.4 is 5.32 Å². The lowest BCUT2D eigenvalue weighted by atomic mass is 9.98. The molecular weight excluding hydrogens is 370 g/mol. The predicted octanol–water partition coefficient (Wildman–Crippen LogP) is 3.33. The second-order valence-electron chi connectivity index (χ2n) is 6.98. The Balaban J connectivity index is 1.39. The molecule has 7 heteroatoms. The third-order valence-electron chi connectivity index (χ3n) is 5.19. The van der Waals surface area contributed by atoms with Gasteiger partial charge in [-0.25, -0.2) is 14.6 Å². The molecule has 0 fully saturated rings. The topological polar surface area (TPSA) is 104 Å². The molecule has 4 rings (SSSR count). The van der Waals surface area contributed by atoms with Crippen molar-refractivity contribution < 1.29 is 19.4 Å². The van der Waals surface area contributed by atoms with Crippen LogP contribution in [0.4, 0.5) is 4.79 Å². The summed E-state index contributed by atoms with van der Waals surface area (Å²) in [5.41, 5.74) is 5.30. The molecule has 0 bridgehead atoms. The molecule has 1 heterocycles. The summed E-state index contributed by atoms with van der Waals surface area (Å²) >= 11 is 0. The molecule has 0 spiro atoms. The van der Waals surface area contributed by atoms with Crippen LogP contribution in [0.5, 0.6) is 0 Å². The van der Waals surface area contributed by atoms with Crippen LogP contribution in [-0.2, 0) is 16.0 Å². The number of aliphatic carboxylic acids is 1. The number of alkyl carbamates (subject to hydrolysis) is 1. The third-order valence-corrected chi connectivity index (χ3v) is 5.19. The van der Waals surface area contributed by atoms with E-state index in [1.165, 1.54) is 6.33 Å². The fourth-order valence-corrected chi connectivity index (χ4v) is 3.76. The number of amides is 1. The molecule has 1 aliphatic carbocycles. The van der Waals surface area contributed by atoms with Gasteiger partial charge in [-0.15, -0.1) is 0 Å². The van der Waals surface area contributed by atoms with Crippen molar-refractivity contribution in [2.75, 3.05) is 6.61 Å². The molecule has 0 aliphatic heterocycles. The number of aryl methyl sites for hydroxylation is 1. The van der Waals surface area contributed by atoms with Gasteiger partial charge in [0.25, 0.3) is 0 Å². The molecule has 3 aromatic rings. The number of carboxylic acid groups (broad SMARTS) is 1. The number of carbonyl (C=O) groups excluding carboxylic acids is 1. The largest absolute Gasteiger partial charge is 0.480 e. The van der Waals surface area contributed by atoms with Gasteiger partial charge in [0.1, 0.15) is 12.6 Å². The molecule has 2 aromatic carbocycles. The van der Waals surface area contributed by atoms with Crippen LogP contribution in [0.15, 0.2) is 61.1 Å². The normalized spacial score (nSPS) is 13.4. The van der Waals surface area contributed by atoms with E-state index < -0.39 is 18.1 Å². The zero-order valence-corrected chi connectivity index (χ0v) is 15.7. The lowest BCUT2D eigenvalue weighted by Crippen LogP contribution is -2.41. The number of aromatic amines is 1. The van der Waals surface area contributed by atoms with Crippen molar-refractivity contribution in [3.05, 3.63) is 77.9 Å². The number of carbonyl (C=O) groups is 2. The summed E-state index contributed by atoms with van der Waals surface area (Å²) in [7, 11) is 0. The van der Waals surface area contributed by atoms with Gasteiger partial charge in [-0.05, 0) is 35.1 Å². The standard InChI is InChI=1S/C22H21N3O4/c26-21(27)20(10-9-14-11-23-13-24-14)25-22(28)29-12-19-17-7-3-1-5-15(17)16-6-2-4-8-18(16)19/h1-8,11,13,19-20H,9-10,12H2,(H,23,24)(H,25,28)(H,26,27)/t20-/m0/s1. The van der Waals surface area contributed by atoms with E-state index in [0.717, 1.165) is 27.9 Å². The number of benzene rings is 2. The fraction of sp³-hybridized carbons (Fsp3) is 0.227. The van der Waals surface area contributed by atoms with Gasteiger partial charge in [0.15, 0.2) is 0 Å². The first-order valence-corrected chi connectivity index (χ1v) is 9.45. The fourth-order valence-electron chi connectivity index (χ4n) is 3.76. The van der Waals surface area contributed by atoms with Crippen LogP contribution in [0.3, 0.4) is 0 Å². The van der Waals surface area contributed by atoms with Crippen LogP contribution >= 0.6 is 0 Å². The van der Waals surface area contributed by atoms with E-state index in [2.05, 4.69) is 27.4 Å². The Morgan fingerprint density at radius 2 is 1.76 bits per heavy atom. The van der Waals surface area contributed by atoms with Crippen LogP contribution in [-0.4, -0.2) is 39.8 Å². The number of rotatable bonds is 7. The summed E-state index contributed by atoms with van der Waals surface area (Å²) in [6.07, 6.45) is 3.13. The first-order valence-electron chi connectivity index (χ1n) is 9.45. The highest BCUT2D eigenvalue weighted by Gasteiger charge is 2.29. The molecule has 0 unspecified atom stereocenters. The van der Waals surface area contributed by atoms with E-state index in [1.54, 1.807) is 6.20 Å². The van der Waals surface area contributed by atoms with Gasteiger partial charge < -0.3 is 20.1 Å². The quantitative estimate of drug-likeness (QED) is 0.573. The van der Waals surface area contributed by atoms with E-state index in [-0.39, 0.29) is 18.9 Å². The number of H-pyrrole nitrogens is 1. The van der Waals surface area contributed by atoms with Crippen molar-refractivity contribution in [3.63, 3.8) is 0 Å². The minimum absolute atomic E-state index is 0.0681. The summed E-state index contributed by atoms with van der Waals surface area (Å²) in [5.74, 6) is -1.17. The zero-order chi connectivity index (χ0) is 20.2. The molecule has 7 nitrogen and oxygen atoms in total. The average molecular weight is 391 g/mol. The van der Waals surface area contributed by atoms with Crippen molar-refractivity contribution in [1.82, 2.24) is 15.3 Å². The van der Waals surface area contributed by atoms with Crippen LogP contribution in [0.1, 0.15) is 29.2 Å². The number of carboxylic acids is 1. The summed E-state index contributed by atoms with van der Waals surface area (Å²) in [6, 6.07) is 15.1. The lowest BCUT2D eigenvalue weighted by Gasteiger charge is -2.17. The maximum atomic E-state index is 12.3. The van der Waals surface area contributed by atoms with E-state index >= 15 is 0 Å². The number of nitrogens with one attached hydrogen (secondary N) is 2. The van der Waals surface area contributed by atoms with Crippen LogP contribution in [0.2, 0.25) is 0 Å². The van der Waals surface area contributed by atoms with E-state index in [9.17, 15) is 14.7 Å². The summed E-state index contributed by atoms with van der Waals surface area (Å²) in [4.78, 5) is 30.6. The Hall–Kier alpha value is -3.61. The number of hydrogen-bond acceptors (Lipinski definition) is 4. The Bertz CT molecular complexity index is 971. The Labute approximate surface area is 167 Å². The Kier molecular flexibility index (Phi) is 5.29. The van der Waals surface area contributed by atoms with Crippen LogP contribution in [0, 0.1) is 0 Å². The highest BCUT2D eigenvalue weighted by Crippen LogP contribution is 2.44. The molecule has 1 aromatic heterocycles. The molecule has 1 aliphatic rings. The Morgan fingerprint density at radius 1 is 1.10 bits per heavy atom. The second-order valence-corrected chi connectivity index (χ2v) is 6.98. The minimum atomic E-state index is -1.10. The number of aromatic nitrogens is 2. The van der Waals surface area contributed by atoms with Crippen molar-refractivity contribution in [3.8, 4) is 11.1 Å². The molecule has 0 saturated heterocycles. The highest BCUT2D eigenvalue weighted by molar-refractivity contribution is 5.81. The van der Waals surface area contributed by atoms with Gasteiger partial charge in [0.05, 0.1) is 6.33 Å². The first kappa shape index (κ1) is 18.7. The number of fused-ring (bicyclic) bond motifs is 3. The third kappa shape index (κ3) is 3.99. The second kappa shape index (κ2) is 8.18. The smallest absolute Gasteiger partial charge is 0.407 e. The van der Waals surface area contributed by atoms with E-state index in [1.807, 2.05) is 36.4 Å². The van der Waals surface area contributed by atoms with Crippen molar-refractivity contribution in [2.45, 2.75) is 24.8 Å². The van der Waals surface area contributed by atoms with E-state index in [0.29, 0.717) is 6.42 Å². The summed E-state index contributed by atoms with van der Waals surface area (Å²) in [6.45, 7) is 0.146. The van der Waals surface area contributed by atoms with Gasteiger partial charge in [0, 0.05) is 17.8 Å². The molecule has 148 valence electrons. The number of ether oxygens (including phenoxy) is 1. The average Bonchev–Trinajstić information content (AvgIpc) is 3.35. The number of imidazole rings is 1. The molecule has 0 radical (unpaired) electrons. The molecule has 1 atom stereocenters. The lowest BCUT2D eigenvalue weighted by molar-refractivity contribution is -0.139. The van der Waals surface area contributed by atoms with Gasteiger partial charge in [-0.2, -0.15) is 0 Å². The van der Waals surface area contributed by atoms with Crippen molar-refractivity contribution in [1.29, 1.82) is 0 Å². The van der Waals surface area contributed by atoms with Crippen molar-refractivity contribution >= 4 is 12.1 Å². The minimum Gasteiger partial charge on any atom is -0.480 e. The molecule has 29 heavy (non-hydrogen) atoms. The SMILES string of the molecule is O=C(N[C@@H](CCc1cnc[nH]1)C(=O)O)OCC1c2ccccc2-c2ccccc21. The Morgan fingerprint density at radius 3 is 2.34 bits per heavy atom.